The van der Waals surface area contributed by atoms with Crippen molar-refractivity contribution in [3.8, 4) is 5.69 Å². The molecule has 0 aliphatic heterocycles. The first-order valence-corrected chi connectivity index (χ1v) is 11.3. The molecule has 0 aliphatic carbocycles. The smallest absolute Gasteiger partial charge is 0.234 e. The van der Waals surface area contributed by atoms with E-state index < -0.39 is 0 Å². The van der Waals surface area contributed by atoms with Gasteiger partial charge in [0.25, 0.3) is 0 Å². The van der Waals surface area contributed by atoms with Gasteiger partial charge in [-0.05, 0) is 29.8 Å². The van der Waals surface area contributed by atoms with E-state index in [9.17, 15) is 4.79 Å². The van der Waals surface area contributed by atoms with Gasteiger partial charge in [-0.3, -0.25) is 9.36 Å². The highest BCUT2D eigenvalue weighted by Crippen LogP contribution is 2.30. The first-order valence-electron chi connectivity index (χ1n) is 9.52. The minimum Gasteiger partial charge on any atom is -0.324 e. The Kier molecular flexibility index (Phi) is 6.92. The van der Waals surface area contributed by atoms with Crippen LogP contribution in [0.1, 0.15) is 11.4 Å². The number of amides is 1. The number of carbonyl (C=O) groups is 1. The first kappa shape index (κ1) is 21.4. The van der Waals surface area contributed by atoms with Gasteiger partial charge in [0, 0.05) is 12.1 Å². The molecule has 4 rings (SSSR count). The average molecular weight is 469 g/mol. The Morgan fingerprint density at radius 2 is 1.61 bits per heavy atom. The fraction of sp³-hybridized carbons (Fsp3) is 0.0870. The van der Waals surface area contributed by atoms with E-state index in [1.807, 2.05) is 53.1 Å². The van der Waals surface area contributed by atoms with E-state index in [2.05, 4.69) is 27.6 Å². The van der Waals surface area contributed by atoms with Crippen molar-refractivity contribution in [2.75, 3.05) is 11.1 Å². The van der Waals surface area contributed by atoms with Gasteiger partial charge < -0.3 is 5.32 Å². The van der Waals surface area contributed by atoms with E-state index in [1.54, 1.807) is 18.2 Å². The van der Waals surface area contributed by atoms with E-state index in [0.29, 0.717) is 27.3 Å². The number of aromatic nitrogens is 3. The molecule has 156 valence electrons. The Balaban J connectivity index is 1.54. The number of thioether (sulfide) groups is 1. The van der Waals surface area contributed by atoms with Gasteiger partial charge in [-0.1, -0.05) is 89.6 Å². The Hall–Kier alpha value is -2.80. The number of anilines is 1. The molecule has 31 heavy (non-hydrogen) atoms. The third-order valence-corrected chi connectivity index (χ3v) is 6.23. The number of nitrogens with zero attached hydrogens (tertiary/aromatic N) is 3. The van der Waals surface area contributed by atoms with Crippen molar-refractivity contribution in [3.63, 3.8) is 0 Å². The number of rotatable bonds is 7. The SMILES string of the molecule is O=C(CSc1nnc(Cc2ccccc2)n1-c1ccccc1)Nc1cccc(Cl)c1Cl. The van der Waals surface area contributed by atoms with Crippen LogP contribution in [0.2, 0.25) is 10.0 Å². The van der Waals surface area contributed by atoms with Crippen LogP contribution in [-0.2, 0) is 11.2 Å². The molecule has 0 saturated heterocycles. The van der Waals surface area contributed by atoms with Crippen molar-refractivity contribution in [3.05, 3.63) is 100 Å². The molecule has 4 aromatic rings. The van der Waals surface area contributed by atoms with E-state index in [0.717, 1.165) is 17.1 Å². The summed E-state index contributed by atoms with van der Waals surface area (Å²) in [5, 5.41) is 12.9. The lowest BCUT2D eigenvalue weighted by Crippen LogP contribution is -2.15. The third-order valence-electron chi connectivity index (χ3n) is 4.48. The van der Waals surface area contributed by atoms with Crippen molar-refractivity contribution in [1.29, 1.82) is 0 Å². The van der Waals surface area contributed by atoms with Crippen LogP contribution in [-0.4, -0.2) is 26.4 Å². The molecule has 0 radical (unpaired) electrons. The molecule has 1 heterocycles. The molecule has 0 atom stereocenters. The van der Waals surface area contributed by atoms with Gasteiger partial charge >= 0.3 is 0 Å². The summed E-state index contributed by atoms with van der Waals surface area (Å²) in [4.78, 5) is 12.5. The number of benzene rings is 3. The summed E-state index contributed by atoms with van der Waals surface area (Å²) in [7, 11) is 0. The van der Waals surface area contributed by atoms with Crippen LogP contribution in [0, 0.1) is 0 Å². The van der Waals surface area contributed by atoms with Crippen LogP contribution < -0.4 is 5.32 Å². The average Bonchev–Trinajstić information content (AvgIpc) is 3.19. The Morgan fingerprint density at radius 3 is 2.35 bits per heavy atom. The molecule has 0 fully saturated rings. The standard InChI is InChI=1S/C23H18Cl2N4OS/c24-18-12-7-13-19(22(18)25)26-21(30)15-31-23-28-27-20(14-16-8-3-1-4-9-16)29(23)17-10-5-2-6-11-17/h1-13H,14-15H2,(H,26,30). The molecule has 0 saturated carbocycles. The highest BCUT2D eigenvalue weighted by atomic mass is 35.5. The second-order valence-corrected chi connectivity index (χ2v) is 8.40. The van der Waals surface area contributed by atoms with E-state index in [4.69, 9.17) is 23.2 Å². The van der Waals surface area contributed by atoms with E-state index >= 15 is 0 Å². The zero-order valence-electron chi connectivity index (χ0n) is 16.3. The minimum absolute atomic E-state index is 0.152. The number of halogens is 2. The third kappa shape index (κ3) is 5.28. The largest absolute Gasteiger partial charge is 0.324 e. The quantitative estimate of drug-likeness (QED) is 0.343. The zero-order valence-corrected chi connectivity index (χ0v) is 18.7. The normalized spacial score (nSPS) is 10.8. The molecule has 1 N–H and O–H groups in total. The van der Waals surface area contributed by atoms with Crippen LogP contribution in [0.3, 0.4) is 0 Å². The summed E-state index contributed by atoms with van der Waals surface area (Å²) in [5.74, 6) is 0.749. The van der Waals surface area contributed by atoms with Gasteiger partial charge in [0.05, 0.1) is 21.5 Å². The molecule has 8 heteroatoms. The molecule has 3 aromatic carbocycles. The predicted octanol–water partition coefficient (Wildman–Crippen LogP) is 5.90. The maximum absolute atomic E-state index is 12.5. The maximum Gasteiger partial charge on any atom is 0.234 e. The van der Waals surface area contributed by atoms with Crippen LogP contribution in [0.5, 0.6) is 0 Å². The molecule has 5 nitrogen and oxygen atoms in total. The first-order chi connectivity index (χ1) is 15.1. The van der Waals surface area contributed by atoms with Crippen molar-refractivity contribution in [2.45, 2.75) is 11.6 Å². The second-order valence-electron chi connectivity index (χ2n) is 6.67. The molecule has 1 aromatic heterocycles. The summed E-state index contributed by atoms with van der Waals surface area (Å²) in [6.45, 7) is 0. The maximum atomic E-state index is 12.5. The van der Waals surface area contributed by atoms with Crippen molar-refractivity contribution < 1.29 is 4.79 Å². The predicted molar refractivity (Wildman–Crippen MR) is 126 cm³/mol. The number of hydrogen-bond acceptors (Lipinski definition) is 4. The van der Waals surface area contributed by atoms with Crippen molar-refractivity contribution in [1.82, 2.24) is 14.8 Å². The molecule has 0 spiro atoms. The van der Waals surface area contributed by atoms with Gasteiger partial charge in [-0.15, -0.1) is 10.2 Å². The number of nitrogens with one attached hydrogen (secondary N) is 1. The summed E-state index contributed by atoms with van der Waals surface area (Å²) in [5.41, 5.74) is 2.56. The highest BCUT2D eigenvalue weighted by molar-refractivity contribution is 7.99. The van der Waals surface area contributed by atoms with Crippen LogP contribution in [0.25, 0.3) is 5.69 Å². The van der Waals surface area contributed by atoms with Gasteiger partial charge in [0.1, 0.15) is 5.82 Å². The molecular weight excluding hydrogens is 451 g/mol. The fourth-order valence-corrected chi connectivity index (χ4v) is 4.16. The van der Waals surface area contributed by atoms with Crippen LogP contribution in [0.4, 0.5) is 5.69 Å². The van der Waals surface area contributed by atoms with Crippen LogP contribution in [0.15, 0.2) is 84.0 Å². The molecule has 1 amide bonds. The number of para-hydroxylation sites is 1. The van der Waals surface area contributed by atoms with Crippen molar-refractivity contribution in [2.24, 2.45) is 0 Å². The van der Waals surface area contributed by atoms with Crippen molar-refractivity contribution >= 4 is 46.6 Å². The second kappa shape index (κ2) is 10.0. The minimum atomic E-state index is -0.207. The Bertz CT molecular complexity index is 1180. The van der Waals surface area contributed by atoms with Gasteiger partial charge in [-0.25, -0.2) is 0 Å². The monoisotopic (exact) mass is 468 g/mol. The highest BCUT2D eigenvalue weighted by Gasteiger charge is 2.17. The lowest BCUT2D eigenvalue weighted by molar-refractivity contribution is -0.113. The van der Waals surface area contributed by atoms with Crippen LogP contribution >= 0.6 is 35.0 Å². The summed E-state index contributed by atoms with van der Waals surface area (Å²) < 4.78 is 1.98. The molecule has 0 aliphatic rings. The Morgan fingerprint density at radius 1 is 0.903 bits per heavy atom. The van der Waals surface area contributed by atoms with Gasteiger partial charge in [0.2, 0.25) is 5.91 Å². The molecule has 0 unspecified atom stereocenters. The fourth-order valence-electron chi connectivity index (χ4n) is 3.04. The van der Waals surface area contributed by atoms with E-state index in [-0.39, 0.29) is 11.7 Å². The Labute approximate surface area is 194 Å². The summed E-state index contributed by atoms with van der Waals surface area (Å²) >= 11 is 13.5. The van der Waals surface area contributed by atoms with Gasteiger partial charge in [-0.2, -0.15) is 0 Å². The molecule has 0 bridgehead atoms. The lowest BCUT2D eigenvalue weighted by Gasteiger charge is -2.11. The summed E-state index contributed by atoms with van der Waals surface area (Å²) in [6, 6.07) is 25.1. The number of carbonyl (C=O) groups excluding carboxylic acids is 1. The topological polar surface area (TPSA) is 59.8 Å². The van der Waals surface area contributed by atoms with E-state index in [1.165, 1.54) is 11.8 Å². The summed E-state index contributed by atoms with van der Waals surface area (Å²) in [6.07, 6.45) is 0.633. The lowest BCUT2D eigenvalue weighted by atomic mass is 10.1. The zero-order chi connectivity index (χ0) is 21.6. The molecular formula is C23H18Cl2N4OS. The van der Waals surface area contributed by atoms with Gasteiger partial charge in [0.15, 0.2) is 5.16 Å². The number of hydrogen-bond donors (Lipinski definition) is 1.